The van der Waals surface area contributed by atoms with Crippen LogP contribution in [-0.4, -0.2) is 29.2 Å². The summed E-state index contributed by atoms with van der Waals surface area (Å²) < 4.78 is 4.87. The van der Waals surface area contributed by atoms with E-state index in [1.54, 1.807) is 31.2 Å². The van der Waals surface area contributed by atoms with Crippen LogP contribution < -0.4 is 5.32 Å². The molecule has 0 bridgehead atoms. The highest BCUT2D eigenvalue weighted by molar-refractivity contribution is 5.97. The molecule has 0 radical (unpaired) electrons. The van der Waals surface area contributed by atoms with Crippen molar-refractivity contribution in [1.82, 2.24) is 10.2 Å². The molecule has 6 heteroatoms. The zero-order valence-electron chi connectivity index (χ0n) is 12.5. The van der Waals surface area contributed by atoms with Crippen LogP contribution >= 0.6 is 0 Å². The molecule has 0 unspecified atom stereocenters. The largest absolute Gasteiger partial charge is 0.450 e. The third-order valence-corrected chi connectivity index (χ3v) is 3.38. The van der Waals surface area contributed by atoms with Crippen LogP contribution in [0.15, 0.2) is 42.5 Å². The molecule has 3 rings (SSSR count). The van der Waals surface area contributed by atoms with Crippen molar-refractivity contribution < 1.29 is 14.3 Å². The van der Waals surface area contributed by atoms with E-state index in [2.05, 4.69) is 15.5 Å². The molecule has 3 aromatic rings. The summed E-state index contributed by atoms with van der Waals surface area (Å²) in [4.78, 5) is 22.5. The summed E-state index contributed by atoms with van der Waals surface area (Å²) in [5, 5.41) is 10.8. The zero-order valence-corrected chi connectivity index (χ0v) is 12.5. The lowest BCUT2D eigenvalue weighted by Gasteiger charge is -2.06. The molecule has 0 saturated carbocycles. The van der Waals surface area contributed by atoms with Crippen molar-refractivity contribution in [3.8, 4) is 11.3 Å². The van der Waals surface area contributed by atoms with Crippen molar-refractivity contribution in [1.29, 1.82) is 0 Å². The second-order valence-electron chi connectivity index (χ2n) is 4.92. The average Bonchev–Trinajstić information content (AvgIpc) is 2.98. The van der Waals surface area contributed by atoms with Gasteiger partial charge in [-0.3, -0.25) is 15.2 Å². The van der Waals surface area contributed by atoms with Gasteiger partial charge in [-0.2, -0.15) is 5.10 Å². The van der Waals surface area contributed by atoms with Crippen molar-refractivity contribution in [2.24, 2.45) is 0 Å². The minimum atomic E-state index is -0.500. The van der Waals surface area contributed by atoms with Crippen LogP contribution in [0, 0.1) is 0 Å². The van der Waals surface area contributed by atoms with Crippen LogP contribution in [0.5, 0.6) is 0 Å². The lowest BCUT2D eigenvalue weighted by molar-refractivity contribution is 0.112. The summed E-state index contributed by atoms with van der Waals surface area (Å²) in [7, 11) is 0. The molecular formula is C17H15N3O3. The number of carbonyl (C=O) groups is 2. The van der Waals surface area contributed by atoms with Crippen LogP contribution in [0.4, 0.5) is 10.5 Å². The molecule has 2 N–H and O–H groups in total. The zero-order chi connectivity index (χ0) is 16.2. The van der Waals surface area contributed by atoms with Gasteiger partial charge in [-0.25, -0.2) is 4.79 Å². The van der Waals surface area contributed by atoms with E-state index >= 15 is 0 Å². The summed E-state index contributed by atoms with van der Waals surface area (Å²) in [6.45, 7) is 2.06. The van der Waals surface area contributed by atoms with Gasteiger partial charge in [0, 0.05) is 22.2 Å². The first-order chi connectivity index (χ1) is 11.2. The Morgan fingerprint density at radius 2 is 2.17 bits per heavy atom. The summed E-state index contributed by atoms with van der Waals surface area (Å²) in [6, 6.07) is 12.6. The highest BCUT2D eigenvalue weighted by atomic mass is 16.5. The second-order valence-corrected chi connectivity index (χ2v) is 4.92. The number of aldehydes is 1. The molecule has 2 aromatic carbocycles. The number of rotatable bonds is 4. The number of hydrogen-bond acceptors (Lipinski definition) is 4. The molecule has 0 saturated heterocycles. The van der Waals surface area contributed by atoms with Gasteiger partial charge in [-0.1, -0.05) is 12.1 Å². The van der Waals surface area contributed by atoms with Crippen LogP contribution in [0.1, 0.15) is 17.3 Å². The van der Waals surface area contributed by atoms with Gasteiger partial charge in [0.05, 0.1) is 17.8 Å². The Hall–Kier alpha value is -3.15. The molecule has 0 spiro atoms. The molecule has 0 aliphatic rings. The van der Waals surface area contributed by atoms with E-state index in [0.29, 0.717) is 17.9 Å². The van der Waals surface area contributed by atoms with E-state index < -0.39 is 6.09 Å². The van der Waals surface area contributed by atoms with Crippen molar-refractivity contribution in [3.05, 3.63) is 48.0 Å². The molecule has 0 aliphatic heterocycles. The van der Waals surface area contributed by atoms with E-state index in [-0.39, 0.29) is 0 Å². The number of H-pyrrole nitrogens is 1. The number of aromatic amines is 1. The highest BCUT2D eigenvalue weighted by Gasteiger charge is 2.10. The Balaban J connectivity index is 1.98. The predicted octanol–water partition coefficient (Wildman–Crippen LogP) is 3.61. The Labute approximate surface area is 132 Å². The molecule has 1 aromatic heterocycles. The third kappa shape index (κ3) is 3.06. The number of amides is 1. The average molecular weight is 309 g/mol. The maximum Gasteiger partial charge on any atom is 0.411 e. The number of nitrogens with one attached hydrogen (secondary N) is 2. The normalized spacial score (nSPS) is 10.5. The van der Waals surface area contributed by atoms with Gasteiger partial charge in [-0.15, -0.1) is 0 Å². The fourth-order valence-electron chi connectivity index (χ4n) is 2.35. The van der Waals surface area contributed by atoms with Crippen molar-refractivity contribution in [2.75, 3.05) is 11.9 Å². The number of carbonyl (C=O) groups excluding carboxylic acids is 2. The number of anilines is 1. The Morgan fingerprint density at radius 1 is 1.30 bits per heavy atom. The minimum absolute atomic E-state index is 0.310. The molecule has 1 heterocycles. The van der Waals surface area contributed by atoms with E-state index in [4.69, 9.17) is 4.74 Å². The van der Waals surface area contributed by atoms with Crippen LogP contribution in [-0.2, 0) is 4.74 Å². The van der Waals surface area contributed by atoms with Crippen molar-refractivity contribution in [2.45, 2.75) is 6.92 Å². The lowest BCUT2D eigenvalue weighted by atomic mass is 10.1. The summed E-state index contributed by atoms with van der Waals surface area (Å²) >= 11 is 0. The van der Waals surface area contributed by atoms with E-state index in [1.807, 2.05) is 18.2 Å². The molecule has 1 amide bonds. The van der Waals surface area contributed by atoms with E-state index in [9.17, 15) is 9.59 Å². The predicted molar refractivity (Wildman–Crippen MR) is 87.6 cm³/mol. The summed E-state index contributed by atoms with van der Waals surface area (Å²) in [6.07, 6.45) is 0.300. The quantitative estimate of drug-likeness (QED) is 0.721. The summed E-state index contributed by atoms with van der Waals surface area (Å²) in [5.74, 6) is 0. The molecule has 0 fully saturated rings. The molecular weight excluding hydrogens is 294 g/mol. The van der Waals surface area contributed by atoms with Gasteiger partial charge in [0.25, 0.3) is 0 Å². The van der Waals surface area contributed by atoms with Gasteiger partial charge in [0.2, 0.25) is 0 Å². The minimum Gasteiger partial charge on any atom is -0.450 e. The van der Waals surface area contributed by atoms with Crippen molar-refractivity contribution in [3.63, 3.8) is 0 Å². The fraction of sp³-hybridized carbons (Fsp3) is 0.118. The number of fused-ring (bicyclic) bond motifs is 1. The van der Waals surface area contributed by atoms with E-state index in [0.717, 1.165) is 28.4 Å². The number of aromatic nitrogens is 2. The topological polar surface area (TPSA) is 84.1 Å². The number of benzene rings is 2. The van der Waals surface area contributed by atoms with E-state index in [1.165, 1.54) is 0 Å². The summed E-state index contributed by atoms with van der Waals surface area (Å²) in [5.41, 5.74) is 3.59. The van der Waals surface area contributed by atoms with Gasteiger partial charge in [0.1, 0.15) is 6.29 Å². The first-order valence-electron chi connectivity index (χ1n) is 7.19. The third-order valence-electron chi connectivity index (χ3n) is 3.38. The smallest absolute Gasteiger partial charge is 0.411 e. The monoisotopic (exact) mass is 309 g/mol. The standard InChI is InChI=1S/C17H15N3O3/c1-2-23-17(22)18-13-5-3-4-12(9-13)16-14-8-11(10-21)6-7-15(14)19-20-16/h3-10H,2H2,1H3,(H,18,22)(H,19,20). The Morgan fingerprint density at radius 3 is 2.96 bits per heavy atom. The molecule has 0 aliphatic carbocycles. The van der Waals surface area contributed by atoms with Gasteiger partial charge in [0.15, 0.2) is 0 Å². The number of nitrogens with zero attached hydrogens (tertiary/aromatic N) is 1. The molecule has 0 atom stereocenters. The van der Waals surface area contributed by atoms with Crippen molar-refractivity contribution >= 4 is 29.0 Å². The maximum atomic E-state index is 11.5. The van der Waals surface area contributed by atoms with Gasteiger partial charge < -0.3 is 4.74 Å². The SMILES string of the molecule is CCOC(=O)Nc1cccc(-c2n[nH]c3ccc(C=O)cc23)c1. The highest BCUT2D eigenvalue weighted by Crippen LogP contribution is 2.28. The Bertz CT molecular complexity index is 870. The lowest BCUT2D eigenvalue weighted by Crippen LogP contribution is -2.13. The van der Waals surface area contributed by atoms with Gasteiger partial charge in [-0.05, 0) is 37.3 Å². The maximum absolute atomic E-state index is 11.5. The first kappa shape index (κ1) is 14.8. The molecule has 23 heavy (non-hydrogen) atoms. The fourth-order valence-corrected chi connectivity index (χ4v) is 2.35. The van der Waals surface area contributed by atoms with Gasteiger partial charge >= 0.3 is 6.09 Å². The Kier molecular flexibility index (Phi) is 4.05. The van der Waals surface area contributed by atoms with Crippen LogP contribution in [0.25, 0.3) is 22.2 Å². The molecule has 116 valence electrons. The van der Waals surface area contributed by atoms with Crippen LogP contribution in [0.2, 0.25) is 0 Å². The second kappa shape index (κ2) is 6.31. The van der Waals surface area contributed by atoms with Crippen LogP contribution in [0.3, 0.4) is 0 Å². The first-order valence-corrected chi connectivity index (χ1v) is 7.19. The number of ether oxygens (including phenoxy) is 1. The number of hydrogen-bond donors (Lipinski definition) is 2. The molecule has 6 nitrogen and oxygen atoms in total.